The Morgan fingerprint density at radius 2 is 1.70 bits per heavy atom. The molecule has 2 aliphatic heterocycles. The van der Waals surface area contributed by atoms with Crippen LogP contribution in [0.4, 0.5) is 11.4 Å². The molecular formula is C17H22N3O6S-. The molecule has 2 saturated heterocycles. The molecule has 0 aromatic heterocycles. The van der Waals surface area contributed by atoms with Gasteiger partial charge in [0.05, 0.1) is 9.82 Å². The molecule has 3 rings (SSSR count). The highest BCUT2D eigenvalue weighted by molar-refractivity contribution is 7.89. The molecule has 0 amide bonds. The molecule has 148 valence electrons. The number of nitrogens with zero attached hydrogens (tertiary/aromatic N) is 3. The van der Waals surface area contributed by atoms with Gasteiger partial charge in [-0.2, -0.15) is 4.31 Å². The number of benzene rings is 1. The van der Waals surface area contributed by atoms with Crippen LogP contribution in [0.15, 0.2) is 23.1 Å². The Hall–Kier alpha value is -2.20. The maximum atomic E-state index is 12.8. The smallest absolute Gasteiger partial charge is 0.293 e. The third kappa shape index (κ3) is 4.06. The maximum absolute atomic E-state index is 12.8. The quantitative estimate of drug-likeness (QED) is 0.531. The van der Waals surface area contributed by atoms with Crippen LogP contribution >= 0.6 is 0 Å². The highest BCUT2D eigenvalue weighted by atomic mass is 32.2. The Bertz CT molecular complexity index is 827. The molecule has 10 heteroatoms. The molecule has 0 radical (unpaired) electrons. The molecule has 0 N–H and O–H groups in total. The summed E-state index contributed by atoms with van der Waals surface area (Å²) in [7, 11) is -3.76. The number of rotatable bonds is 5. The van der Waals surface area contributed by atoms with Gasteiger partial charge in [0.2, 0.25) is 10.0 Å². The van der Waals surface area contributed by atoms with Crippen molar-refractivity contribution >= 4 is 27.4 Å². The lowest BCUT2D eigenvalue weighted by atomic mass is 9.96. The second-order valence-electron chi connectivity index (χ2n) is 6.95. The van der Waals surface area contributed by atoms with Gasteiger partial charge in [0, 0.05) is 44.1 Å². The molecule has 2 fully saturated rings. The van der Waals surface area contributed by atoms with E-state index in [0.29, 0.717) is 44.7 Å². The molecule has 0 aliphatic carbocycles. The molecule has 2 aliphatic rings. The number of carboxylic acids is 1. The van der Waals surface area contributed by atoms with Gasteiger partial charge in [-0.1, -0.05) is 6.42 Å². The van der Waals surface area contributed by atoms with Gasteiger partial charge in [0.25, 0.3) is 5.69 Å². The number of sulfonamides is 1. The fourth-order valence-electron chi connectivity index (χ4n) is 3.69. The van der Waals surface area contributed by atoms with Crippen LogP contribution in [-0.4, -0.2) is 49.8 Å². The van der Waals surface area contributed by atoms with E-state index in [0.717, 1.165) is 25.3 Å². The van der Waals surface area contributed by atoms with Crippen molar-refractivity contribution in [3.8, 4) is 0 Å². The zero-order valence-electron chi connectivity index (χ0n) is 14.9. The summed E-state index contributed by atoms with van der Waals surface area (Å²) < 4.78 is 26.9. The highest BCUT2D eigenvalue weighted by Gasteiger charge is 2.30. The van der Waals surface area contributed by atoms with E-state index in [1.165, 1.54) is 16.4 Å². The van der Waals surface area contributed by atoms with Gasteiger partial charge in [0.1, 0.15) is 5.69 Å². The SMILES string of the molecule is O=C([O-])C1CCN(c2ccc(S(=O)(=O)N3CCCCC3)cc2[N+](=O)[O-])CC1. The van der Waals surface area contributed by atoms with E-state index in [2.05, 4.69) is 0 Å². The largest absolute Gasteiger partial charge is 0.550 e. The summed E-state index contributed by atoms with van der Waals surface area (Å²) in [6, 6.07) is 3.97. The number of hydrogen-bond donors (Lipinski definition) is 0. The molecule has 1 aromatic carbocycles. The van der Waals surface area contributed by atoms with E-state index in [-0.39, 0.29) is 10.6 Å². The first kappa shape index (κ1) is 19.6. The summed E-state index contributed by atoms with van der Waals surface area (Å²) in [6.45, 7) is 1.54. The molecule has 0 saturated carbocycles. The van der Waals surface area contributed by atoms with Crippen LogP contribution in [0.3, 0.4) is 0 Å². The molecule has 0 bridgehead atoms. The first-order valence-electron chi connectivity index (χ1n) is 9.05. The van der Waals surface area contributed by atoms with Gasteiger partial charge >= 0.3 is 0 Å². The molecule has 2 heterocycles. The number of nitro groups is 1. The van der Waals surface area contributed by atoms with Crippen LogP contribution in [0.25, 0.3) is 0 Å². The van der Waals surface area contributed by atoms with Crippen LogP contribution in [-0.2, 0) is 14.8 Å². The molecule has 0 spiro atoms. The van der Waals surface area contributed by atoms with Crippen molar-refractivity contribution in [2.24, 2.45) is 5.92 Å². The predicted octanol–water partition coefficient (Wildman–Crippen LogP) is 0.736. The van der Waals surface area contributed by atoms with Gasteiger partial charge < -0.3 is 14.8 Å². The van der Waals surface area contributed by atoms with Gasteiger partial charge in [-0.3, -0.25) is 10.1 Å². The van der Waals surface area contributed by atoms with E-state index >= 15 is 0 Å². The summed E-state index contributed by atoms with van der Waals surface area (Å²) in [5, 5.41) is 22.5. The Kier molecular flexibility index (Phi) is 5.66. The van der Waals surface area contributed by atoms with Crippen molar-refractivity contribution in [2.45, 2.75) is 37.0 Å². The third-order valence-corrected chi connectivity index (χ3v) is 7.16. The zero-order valence-corrected chi connectivity index (χ0v) is 15.7. The fraction of sp³-hybridized carbons (Fsp3) is 0.588. The van der Waals surface area contributed by atoms with E-state index < -0.39 is 26.8 Å². The van der Waals surface area contributed by atoms with Gasteiger partial charge in [0.15, 0.2) is 0 Å². The standard InChI is InChI=1S/C17H23N3O6S/c21-17(22)13-6-10-18(11-7-13)15-5-4-14(12-16(15)20(23)24)27(25,26)19-8-2-1-3-9-19/h4-5,12-13H,1-3,6-11H2,(H,21,22)/p-1. The molecule has 27 heavy (non-hydrogen) atoms. The zero-order chi connectivity index (χ0) is 19.6. The van der Waals surface area contributed by atoms with Crippen molar-refractivity contribution in [1.29, 1.82) is 0 Å². The number of anilines is 1. The van der Waals surface area contributed by atoms with Crippen LogP contribution in [0, 0.1) is 16.0 Å². The summed E-state index contributed by atoms with van der Waals surface area (Å²) in [6.07, 6.45) is 3.23. The normalized spacial score (nSPS) is 19.8. The highest BCUT2D eigenvalue weighted by Crippen LogP contribution is 2.34. The van der Waals surface area contributed by atoms with E-state index in [1.807, 2.05) is 0 Å². The molecule has 0 atom stereocenters. The van der Waals surface area contributed by atoms with Crippen molar-refractivity contribution in [3.63, 3.8) is 0 Å². The molecule has 1 aromatic rings. The number of carbonyl (C=O) groups is 1. The fourth-order valence-corrected chi connectivity index (χ4v) is 5.23. The number of aliphatic carboxylic acids is 1. The Morgan fingerprint density at radius 3 is 2.26 bits per heavy atom. The average molecular weight is 396 g/mol. The first-order valence-corrected chi connectivity index (χ1v) is 10.5. The third-order valence-electron chi connectivity index (χ3n) is 5.27. The lowest BCUT2D eigenvalue weighted by molar-refractivity contribution is -0.384. The summed E-state index contributed by atoms with van der Waals surface area (Å²) >= 11 is 0. The minimum absolute atomic E-state index is 0.0792. The maximum Gasteiger partial charge on any atom is 0.293 e. The second kappa shape index (κ2) is 7.81. The van der Waals surface area contributed by atoms with Gasteiger partial charge in [-0.05, 0) is 37.8 Å². The van der Waals surface area contributed by atoms with Crippen molar-refractivity contribution in [2.75, 3.05) is 31.1 Å². The van der Waals surface area contributed by atoms with Crippen molar-refractivity contribution in [1.82, 2.24) is 4.31 Å². The lowest BCUT2D eigenvalue weighted by Gasteiger charge is -2.33. The van der Waals surface area contributed by atoms with E-state index in [1.54, 1.807) is 4.90 Å². The van der Waals surface area contributed by atoms with E-state index in [4.69, 9.17) is 0 Å². The van der Waals surface area contributed by atoms with Crippen LogP contribution in [0.5, 0.6) is 0 Å². The summed E-state index contributed by atoms with van der Waals surface area (Å²) in [5.41, 5.74) is 0.0365. The number of piperidine rings is 2. The van der Waals surface area contributed by atoms with Crippen LogP contribution in [0.2, 0.25) is 0 Å². The Morgan fingerprint density at radius 1 is 1.07 bits per heavy atom. The topological polar surface area (TPSA) is 124 Å². The predicted molar refractivity (Wildman–Crippen MR) is 95.7 cm³/mol. The van der Waals surface area contributed by atoms with Crippen LogP contribution in [0.1, 0.15) is 32.1 Å². The minimum Gasteiger partial charge on any atom is -0.550 e. The number of carbonyl (C=O) groups excluding carboxylic acids is 1. The summed E-state index contributed by atoms with van der Waals surface area (Å²) in [4.78, 5) is 23.6. The molecule has 0 unspecified atom stereocenters. The Labute approximate surface area is 157 Å². The monoisotopic (exact) mass is 396 g/mol. The summed E-state index contributed by atoms with van der Waals surface area (Å²) in [5.74, 6) is -1.66. The van der Waals surface area contributed by atoms with E-state index in [9.17, 15) is 28.4 Å². The van der Waals surface area contributed by atoms with Gasteiger partial charge in [-0.25, -0.2) is 8.42 Å². The second-order valence-corrected chi connectivity index (χ2v) is 8.89. The minimum atomic E-state index is -3.76. The Balaban J connectivity index is 1.87. The molecular weight excluding hydrogens is 374 g/mol. The number of carboxylic acid groups (broad SMARTS) is 1. The van der Waals surface area contributed by atoms with Gasteiger partial charge in [-0.15, -0.1) is 0 Å². The average Bonchev–Trinajstić information content (AvgIpc) is 2.68. The van der Waals surface area contributed by atoms with Crippen molar-refractivity contribution < 1.29 is 23.2 Å². The first-order chi connectivity index (χ1) is 12.8. The number of nitro benzene ring substituents is 1. The van der Waals surface area contributed by atoms with Crippen LogP contribution < -0.4 is 10.0 Å². The molecule has 9 nitrogen and oxygen atoms in total. The lowest BCUT2D eigenvalue weighted by Crippen LogP contribution is -2.41. The number of hydrogen-bond acceptors (Lipinski definition) is 7. The van der Waals surface area contributed by atoms with Crippen molar-refractivity contribution in [3.05, 3.63) is 28.3 Å².